The summed E-state index contributed by atoms with van der Waals surface area (Å²) in [6, 6.07) is 21.6. The molecule has 0 saturated carbocycles. The van der Waals surface area contributed by atoms with Crippen molar-refractivity contribution >= 4 is 44.8 Å². The molecule has 3 fully saturated rings. The van der Waals surface area contributed by atoms with Crippen molar-refractivity contribution in [2.45, 2.75) is 35.3 Å². The lowest BCUT2D eigenvalue weighted by Gasteiger charge is -2.43. The Morgan fingerprint density at radius 3 is 2.41 bits per heavy atom. The van der Waals surface area contributed by atoms with E-state index in [-0.39, 0.29) is 17.3 Å². The Morgan fingerprint density at radius 1 is 0.909 bits per heavy atom. The van der Waals surface area contributed by atoms with Gasteiger partial charge in [-0.2, -0.15) is 4.31 Å². The van der Waals surface area contributed by atoms with Gasteiger partial charge >= 0.3 is 0 Å². The van der Waals surface area contributed by atoms with E-state index in [4.69, 9.17) is 32.7 Å². The Balaban J connectivity index is 1.14. The first kappa shape index (κ1) is 31.1. The number of nitrogens with one attached hydrogen (secondary N) is 1. The van der Waals surface area contributed by atoms with Crippen molar-refractivity contribution in [1.29, 1.82) is 0 Å². The molecular formula is C32H36Cl2N4O5S. The Bertz CT molecular complexity index is 1620. The minimum absolute atomic E-state index is 0.0560. The highest BCUT2D eigenvalue weighted by atomic mass is 35.5. The third-order valence-corrected chi connectivity index (χ3v) is 11.8. The molecule has 12 heteroatoms. The van der Waals surface area contributed by atoms with E-state index < -0.39 is 21.2 Å². The summed E-state index contributed by atoms with van der Waals surface area (Å²) >= 11 is 12.6. The van der Waals surface area contributed by atoms with Gasteiger partial charge in [0.1, 0.15) is 16.9 Å². The van der Waals surface area contributed by atoms with Crippen molar-refractivity contribution < 1.29 is 22.7 Å². The lowest BCUT2D eigenvalue weighted by atomic mass is 9.85. The number of hydrogen-bond donors (Lipinski definition) is 1. The molecule has 3 aromatic rings. The van der Waals surface area contributed by atoms with E-state index in [1.54, 1.807) is 49.6 Å². The summed E-state index contributed by atoms with van der Waals surface area (Å²) in [6.45, 7) is 3.43. The molecule has 1 atom stereocenters. The highest BCUT2D eigenvalue weighted by Gasteiger charge is 2.50. The first-order valence-electron chi connectivity index (χ1n) is 14.7. The largest absolute Gasteiger partial charge is 0.497 e. The van der Waals surface area contributed by atoms with Crippen LogP contribution in [0.4, 0.5) is 5.69 Å². The lowest BCUT2D eigenvalue weighted by molar-refractivity contribution is -0.125. The minimum atomic E-state index is -3.70. The highest BCUT2D eigenvalue weighted by molar-refractivity contribution is 7.89. The van der Waals surface area contributed by atoms with Gasteiger partial charge in [-0.25, -0.2) is 8.42 Å². The minimum Gasteiger partial charge on any atom is -0.497 e. The second kappa shape index (κ2) is 12.5. The zero-order valence-electron chi connectivity index (χ0n) is 24.5. The Kier molecular flexibility index (Phi) is 8.85. The lowest BCUT2D eigenvalue weighted by Crippen LogP contribution is -2.56. The zero-order valence-corrected chi connectivity index (χ0v) is 26.9. The average Bonchev–Trinajstić information content (AvgIpc) is 3.62. The fraction of sp³-hybridized carbons (Fsp3) is 0.406. The number of benzene rings is 3. The molecule has 1 amide bonds. The number of likely N-dealkylation sites (tertiary alicyclic amines) is 1. The smallest absolute Gasteiger partial charge is 0.247 e. The number of nitrogens with zero attached hydrogens (tertiary/aromatic N) is 3. The summed E-state index contributed by atoms with van der Waals surface area (Å²) in [7, 11) is -2.06. The first-order valence-corrected chi connectivity index (χ1v) is 16.9. The van der Waals surface area contributed by atoms with E-state index >= 15 is 0 Å². The van der Waals surface area contributed by atoms with Crippen LogP contribution in [0.5, 0.6) is 5.75 Å². The van der Waals surface area contributed by atoms with Gasteiger partial charge in [0, 0.05) is 44.5 Å². The van der Waals surface area contributed by atoms with Crippen molar-refractivity contribution in [3.05, 3.63) is 88.4 Å². The number of sulfonamides is 1. The molecule has 9 nitrogen and oxygen atoms in total. The standard InChI is InChI=1S/C32H36Cl2N4O5S/c1-42-26-7-5-6-25(21-26)38-23-35-30(39)31(38)12-15-36(16-13-31)18-19-43-32(24-10-11-28(33)29(34)20-24)14-17-37(22-32)44(40,41)27-8-3-2-4-9-27/h2-11,20-21H,12-19,22-23H2,1H3,(H,35,39). The number of carbonyl (C=O) groups is 1. The molecule has 3 aromatic carbocycles. The quantitative estimate of drug-likeness (QED) is 0.355. The topological polar surface area (TPSA) is 91.4 Å². The third kappa shape index (κ3) is 5.79. The monoisotopic (exact) mass is 658 g/mol. The van der Waals surface area contributed by atoms with Gasteiger partial charge in [0.05, 0.1) is 35.3 Å². The van der Waals surface area contributed by atoms with E-state index in [2.05, 4.69) is 15.1 Å². The van der Waals surface area contributed by atoms with E-state index in [1.807, 2.05) is 30.3 Å². The third-order valence-electron chi connectivity index (χ3n) is 9.19. The molecule has 6 rings (SSSR count). The van der Waals surface area contributed by atoms with Crippen molar-refractivity contribution in [2.75, 3.05) is 58.0 Å². The summed E-state index contributed by atoms with van der Waals surface area (Å²) < 4.78 is 40.5. The number of halogens is 2. The van der Waals surface area contributed by atoms with Gasteiger partial charge in [-0.15, -0.1) is 0 Å². The van der Waals surface area contributed by atoms with Gasteiger partial charge in [0.25, 0.3) is 0 Å². The molecule has 0 aromatic heterocycles. The van der Waals surface area contributed by atoms with Crippen LogP contribution >= 0.6 is 23.2 Å². The number of carbonyl (C=O) groups excluding carboxylic acids is 1. The molecular weight excluding hydrogens is 623 g/mol. The molecule has 0 aliphatic carbocycles. The summed E-state index contributed by atoms with van der Waals surface area (Å²) in [5.74, 6) is 0.810. The van der Waals surface area contributed by atoms with Crippen molar-refractivity contribution in [1.82, 2.24) is 14.5 Å². The van der Waals surface area contributed by atoms with Crippen molar-refractivity contribution in [3.8, 4) is 5.75 Å². The predicted octanol–water partition coefficient (Wildman–Crippen LogP) is 4.74. The van der Waals surface area contributed by atoms with Crippen LogP contribution in [0.15, 0.2) is 77.7 Å². The van der Waals surface area contributed by atoms with Gasteiger partial charge < -0.3 is 24.6 Å². The van der Waals surface area contributed by atoms with Gasteiger partial charge in [-0.05, 0) is 61.2 Å². The van der Waals surface area contributed by atoms with Gasteiger partial charge in [0.15, 0.2) is 0 Å². The maximum atomic E-state index is 13.5. The number of methoxy groups -OCH3 is 1. The molecule has 3 aliphatic rings. The number of piperidine rings is 1. The van der Waals surface area contributed by atoms with Crippen LogP contribution in [0.2, 0.25) is 10.0 Å². The molecule has 44 heavy (non-hydrogen) atoms. The predicted molar refractivity (Wildman–Crippen MR) is 171 cm³/mol. The van der Waals surface area contributed by atoms with Gasteiger partial charge in [0.2, 0.25) is 15.9 Å². The first-order chi connectivity index (χ1) is 21.2. The molecule has 1 unspecified atom stereocenters. The van der Waals surface area contributed by atoms with Crippen LogP contribution < -0.4 is 15.0 Å². The number of anilines is 1. The molecule has 3 heterocycles. The van der Waals surface area contributed by atoms with Crippen LogP contribution in [0.1, 0.15) is 24.8 Å². The van der Waals surface area contributed by atoms with Gasteiger partial charge in [-0.1, -0.05) is 53.5 Å². The average molecular weight is 660 g/mol. The summed E-state index contributed by atoms with van der Waals surface area (Å²) in [5, 5.41) is 3.88. The number of hydrogen-bond acceptors (Lipinski definition) is 7. The van der Waals surface area contributed by atoms with Crippen LogP contribution in [0, 0.1) is 0 Å². The van der Waals surface area contributed by atoms with Crippen molar-refractivity contribution in [2.24, 2.45) is 0 Å². The maximum absolute atomic E-state index is 13.5. The normalized spacial score (nSPS) is 22.4. The SMILES string of the molecule is COc1cccc(N2CNC(=O)C23CCN(CCOC2(c4ccc(Cl)c(Cl)c4)CCN(S(=O)(=O)c4ccccc4)C2)CC3)c1. The van der Waals surface area contributed by atoms with E-state index in [0.717, 1.165) is 30.1 Å². The maximum Gasteiger partial charge on any atom is 0.247 e. The van der Waals surface area contributed by atoms with Gasteiger partial charge in [-0.3, -0.25) is 4.79 Å². The number of ether oxygens (including phenoxy) is 2. The number of rotatable bonds is 9. The molecule has 0 bridgehead atoms. The van der Waals surface area contributed by atoms with E-state index in [0.29, 0.717) is 55.7 Å². The molecule has 234 valence electrons. The summed E-state index contributed by atoms with van der Waals surface area (Å²) in [6.07, 6.45) is 1.84. The molecule has 0 radical (unpaired) electrons. The Hall–Kier alpha value is -2.86. The molecule has 1 spiro atoms. The second-order valence-electron chi connectivity index (χ2n) is 11.5. The zero-order chi connectivity index (χ0) is 31.0. The molecule has 1 N–H and O–H groups in total. The van der Waals surface area contributed by atoms with E-state index in [1.165, 1.54) is 4.31 Å². The molecule has 3 aliphatic heterocycles. The highest BCUT2D eigenvalue weighted by Crippen LogP contribution is 2.41. The van der Waals surface area contributed by atoms with Crippen LogP contribution in [-0.4, -0.2) is 82.2 Å². The van der Waals surface area contributed by atoms with E-state index in [9.17, 15) is 13.2 Å². The molecule has 3 saturated heterocycles. The van der Waals surface area contributed by atoms with Crippen LogP contribution in [0.3, 0.4) is 0 Å². The fourth-order valence-electron chi connectivity index (χ4n) is 6.63. The number of amides is 1. The van der Waals surface area contributed by atoms with Crippen LogP contribution in [0.25, 0.3) is 0 Å². The Labute approximate surface area is 268 Å². The Morgan fingerprint density at radius 2 is 1.68 bits per heavy atom. The van der Waals surface area contributed by atoms with Crippen molar-refractivity contribution in [3.63, 3.8) is 0 Å². The fourth-order valence-corrected chi connectivity index (χ4v) is 8.44. The summed E-state index contributed by atoms with van der Waals surface area (Å²) in [4.78, 5) is 17.9. The second-order valence-corrected chi connectivity index (χ2v) is 14.3. The van der Waals surface area contributed by atoms with Crippen LogP contribution in [-0.2, 0) is 25.2 Å². The summed E-state index contributed by atoms with van der Waals surface area (Å²) in [5.41, 5.74) is 0.274.